The molecule has 0 saturated heterocycles. The van der Waals surface area contributed by atoms with Gasteiger partial charge in [0.05, 0.1) is 13.2 Å². The van der Waals surface area contributed by atoms with Crippen LogP contribution in [0.4, 0.5) is 0 Å². The number of carbonyl (C=O) groups excluding carboxylic acids is 3. The Kier molecular flexibility index (Phi) is 10.5. The van der Waals surface area contributed by atoms with Gasteiger partial charge in [-0.25, -0.2) is 4.79 Å². The molecule has 10 nitrogen and oxygen atoms in total. The van der Waals surface area contributed by atoms with Crippen LogP contribution < -0.4 is 21.7 Å². The molecule has 0 spiro atoms. The van der Waals surface area contributed by atoms with Crippen LogP contribution >= 0.6 is 0 Å². The summed E-state index contributed by atoms with van der Waals surface area (Å²) in [7, 11) is 0. The predicted molar refractivity (Wildman–Crippen MR) is 93.9 cm³/mol. The first-order valence-corrected chi connectivity index (χ1v) is 8.52. The van der Waals surface area contributed by atoms with E-state index in [1.165, 1.54) is 0 Å². The third kappa shape index (κ3) is 7.36. The Balaban J connectivity index is 5.09. The van der Waals surface area contributed by atoms with Crippen molar-refractivity contribution in [2.24, 2.45) is 17.6 Å². The molecule has 0 aromatic rings. The number of hydrogen-bond acceptors (Lipinski definition) is 6. The number of aliphatic hydroxyl groups is 1. The first-order valence-electron chi connectivity index (χ1n) is 8.52. The fourth-order valence-electron chi connectivity index (χ4n) is 2.16. The fourth-order valence-corrected chi connectivity index (χ4v) is 2.16. The Labute approximate surface area is 152 Å². The topological polar surface area (TPSA) is 171 Å². The van der Waals surface area contributed by atoms with Crippen molar-refractivity contribution in [3.8, 4) is 0 Å². The van der Waals surface area contributed by atoms with E-state index in [9.17, 15) is 29.4 Å². The molecule has 0 aliphatic heterocycles. The van der Waals surface area contributed by atoms with Crippen LogP contribution in [-0.2, 0) is 19.2 Å². The molecule has 4 unspecified atom stereocenters. The van der Waals surface area contributed by atoms with Gasteiger partial charge in [-0.1, -0.05) is 34.1 Å². The van der Waals surface area contributed by atoms with E-state index >= 15 is 0 Å². The summed E-state index contributed by atoms with van der Waals surface area (Å²) in [5, 5.41) is 25.7. The molecule has 0 aliphatic carbocycles. The molecule has 0 bridgehead atoms. The summed E-state index contributed by atoms with van der Waals surface area (Å²) in [6.45, 7) is 5.82. The minimum absolute atomic E-state index is 0.292. The lowest BCUT2D eigenvalue weighted by Crippen LogP contribution is -2.59. The van der Waals surface area contributed by atoms with E-state index in [-0.39, 0.29) is 18.4 Å². The normalized spacial score (nSPS) is 15.5. The largest absolute Gasteiger partial charge is 0.480 e. The Bertz CT molecular complexity index is 511. The average Bonchev–Trinajstić information content (AvgIpc) is 2.59. The molecule has 0 saturated carbocycles. The first-order chi connectivity index (χ1) is 12.1. The molecule has 0 aromatic heterocycles. The van der Waals surface area contributed by atoms with Crippen molar-refractivity contribution in [3.05, 3.63) is 0 Å². The number of carboxylic acid groups (broad SMARTS) is 1. The number of nitrogens with one attached hydrogen (secondary N) is 3. The minimum atomic E-state index is -1.34. The summed E-state index contributed by atoms with van der Waals surface area (Å²) in [4.78, 5) is 47.3. The second kappa shape index (κ2) is 11.4. The highest BCUT2D eigenvalue weighted by Crippen LogP contribution is 2.08. The zero-order valence-corrected chi connectivity index (χ0v) is 15.6. The van der Waals surface area contributed by atoms with Gasteiger partial charge in [0.25, 0.3) is 0 Å². The van der Waals surface area contributed by atoms with E-state index in [4.69, 9.17) is 5.73 Å². The van der Waals surface area contributed by atoms with Crippen molar-refractivity contribution in [1.82, 2.24) is 16.0 Å². The lowest BCUT2D eigenvalue weighted by atomic mass is 9.99. The van der Waals surface area contributed by atoms with Crippen LogP contribution in [0.25, 0.3) is 0 Å². The smallest absolute Gasteiger partial charge is 0.326 e. The van der Waals surface area contributed by atoms with Crippen molar-refractivity contribution >= 4 is 23.7 Å². The molecule has 0 aliphatic rings. The Morgan fingerprint density at radius 2 is 1.54 bits per heavy atom. The van der Waals surface area contributed by atoms with Crippen molar-refractivity contribution in [2.45, 2.75) is 52.2 Å². The molecule has 150 valence electrons. The van der Waals surface area contributed by atoms with Gasteiger partial charge < -0.3 is 31.9 Å². The fraction of sp³-hybridized carbons (Fsp3) is 0.750. The number of nitrogens with two attached hydrogens (primary N) is 1. The maximum Gasteiger partial charge on any atom is 0.326 e. The Morgan fingerprint density at radius 3 is 1.92 bits per heavy atom. The van der Waals surface area contributed by atoms with Crippen molar-refractivity contribution in [2.75, 3.05) is 13.2 Å². The van der Waals surface area contributed by atoms with E-state index in [2.05, 4.69) is 16.0 Å². The summed E-state index contributed by atoms with van der Waals surface area (Å²) in [6.07, 6.45) is 0.522. The van der Waals surface area contributed by atoms with Crippen LogP contribution in [0.5, 0.6) is 0 Å². The summed E-state index contributed by atoms with van der Waals surface area (Å²) < 4.78 is 0. The van der Waals surface area contributed by atoms with E-state index in [0.717, 1.165) is 0 Å². The molecule has 0 rings (SSSR count). The lowest BCUT2D eigenvalue weighted by Gasteiger charge is -2.26. The van der Waals surface area contributed by atoms with Crippen LogP contribution in [0.3, 0.4) is 0 Å². The molecule has 0 fully saturated rings. The van der Waals surface area contributed by atoms with Gasteiger partial charge in [0.2, 0.25) is 17.7 Å². The molecule has 3 amide bonds. The molecule has 4 atom stereocenters. The zero-order chi connectivity index (χ0) is 20.4. The SMILES string of the molecule is CCC(C)C(NC(=O)C(CO)NC(=O)C(NC(=O)CN)C(C)C)C(=O)O. The number of amides is 3. The maximum absolute atomic E-state index is 12.3. The van der Waals surface area contributed by atoms with Crippen molar-refractivity contribution in [3.63, 3.8) is 0 Å². The molecular formula is C16H30N4O6. The second-order valence-electron chi connectivity index (χ2n) is 6.45. The van der Waals surface area contributed by atoms with Crippen LogP contribution in [0.15, 0.2) is 0 Å². The number of carboxylic acids is 1. The molecule has 10 heteroatoms. The third-order valence-corrected chi connectivity index (χ3v) is 4.04. The highest BCUT2D eigenvalue weighted by atomic mass is 16.4. The van der Waals surface area contributed by atoms with Gasteiger partial charge in [0.1, 0.15) is 18.1 Å². The van der Waals surface area contributed by atoms with Gasteiger partial charge in [-0.2, -0.15) is 0 Å². The van der Waals surface area contributed by atoms with Crippen LogP contribution in [0.2, 0.25) is 0 Å². The van der Waals surface area contributed by atoms with Crippen LogP contribution in [0.1, 0.15) is 34.1 Å². The number of rotatable bonds is 11. The predicted octanol–water partition coefficient (Wildman–Crippen LogP) is -1.82. The van der Waals surface area contributed by atoms with Crippen LogP contribution in [-0.4, -0.2) is 65.2 Å². The van der Waals surface area contributed by atoms with Crippen molar-refractivity contribution in [1.29, 1.82) is 0 Å². The Hall–Kier alpha value is -2.20. The Morgan fingerprint density at radius 1 is 0.962 bits per heavy atom. The standard InChI is InChI=1S/C16H30N4O6/c1-5-9(4)13(16(25)26)20-14(23)10(7-21)18-15(24)12(8(2)3)19-11(22)6-17/h8-10,12-13,21H,5-7,17H2,1-4H3,(H,18,24)(H,19,22)(H,20,23)(H,25,26). The molecule has 7 N–H and O–H groups in total. The van der Waals surface area contributed by atoms with E-state index in [1.807, 2.05) is 0 Å². The highest BCUT2D eigenvalue weighted by Gasteiger charge is 2.31. The number of hydrogen-bond donors (Lipinski definition) is 6. The zero-order valence-electron chi connectivity index (χ0n) is 15.6. The van der Waals surface area contributed by atoms with Gasteiger partial charge in [0, 0.05) is 0 Å². The maximum atomic E-state index is 12.3. The summed E-state index contributed by atoms with van der Waals surface area (Å²) in [6, 6.07) is -3.43. The first kappa shape index (κ1) is 23.8. The van der Waals surface area contributed by atoms with Gasteiger partial charge >= 0.3 is 5.97 Å². The number of carbonyl (C=O) groups is 4. The minimum Gasteiger partial charge on any atom is -0.480 e. The molecule has 0 aromatic carbocycles. The highest BCUT2D eigenvalue weighted by molar-refractivity contribution is 5.93. The summed E-state index contributed by atoms with van der Waals surface area (Å²) in [5.74, 6) is -3.86. The van der Waals surface area contributed by atoms with Gasteiger partial charge in [0.15, 0.2) is 0 Å². The van der Waals surface area contributed by atoms with Gasteiger partial charge in [-0.15, -0.1) is 0 Å². The lowest BCUT2D eigenvalue weighted by molar-refractivity contribution is -0.144. The summed E-state index contributed by atoms with van der Waals surface area (Å²) >= 11 is 0. The third-order valence-electron chi connectivity index (χ3n) is 4.04. The number of aliphatic carboxylic acids is 1. The van der Waals surface area contributed by atoms with E-state index in [0.29, 0.717) is 6.42 Å². The van der Waals surface area contributed by atoms with Gasteiger partial charge in [-0.05, 0) is 11.8 Å². The molecular weight excluding hydrogens is 344 g/mol. The molecule has 0 radical (unpaired) electrons. The van der Waals surface area contributed by atoms with Gasteiger partial charge in [-0.3, -0.25) is 14.4 Å². The number of aliphatic hydroxyl groups excluding tert-OH is 1. The van der Waals surface area contributed by atoms with E-state index in [1.54, 1.807) is 27.7 Å². The van der Waals surface area contributed by atoms with E-state index < -0.39 is 48.4 Å². The summed E-state index contributed by atoms with van der Waals surface area (Å²) in [5.41, 5.74) is 5.22. The van der Waals surface area contributed by atoms with Crippen LogP contribution in [0, 0.1) is 11.8 Å². The quantitative estimate of drug-likeness (QED) is 0.247. The second-order valence-corrected chi connectivity index (χ2v) is 6.45. The molecule has 0 heterocycles. The monoisotopic (exact) mass is 374 g/mol. The molecule has 26 heavy (non-hydrogen) atoms. The average molecular weight is 374 g/mol. The van der Waals surface area contributed by atoms with Crippen molar-refractivity contribution < 1.29 is 29.4 Å².